The van der Waals surface area contributed by atoms with Crippen LogP contribution in [0.15, 0.2) is 344 Å². The minimum atomic E-state index is -0.160. The van der Waals surface area contributed by atoms with Gasteiger partial charge in [-0.3, -0.25) is 0 Å². The van der Waals surface area contributed by atoms with Crippen LogP contribution in [0.1, 0.15) is 0 Å². The third-order valence-corrected chi connectivity index (χ3v) is 22.9. The molecule has 3 aromatic heterocycles. The average molecular weight is 1300 g/mol. The van der Waals surface area contributed by atoms with Gasteiger partial charge in [-0.15, -0.1) is 22.7 Å². The summed E-state index contributed by atoms with van der Waals surface area (Å²) >= 11 is 3.84. The van der Waals surface area contributed by atoms with Gasteiger partial charge >= 0.3 is 0 Å². The lowest BCUT2D eigenvalue weighted by atomic mass is 9.36. The van der Waals surface area contributed by atoms with Gasteiger partial charge in [0.1, 0.15) is 11.2 Å². The third-order valence-electron chi connectivity index (χ3n) is 20.4. The molecule has 0 saturated heterocycles. The summed E-state index contributed by atoms with van der Waals surface area (Å²) in [6, 6.07) is 125. The van der Waals surface area contributed by atoms with Gasteiger partial charge < -0.3 is 33.8 Å². The number of hydrogen-bond donors (Lipinski definition) is 0. The molecule has 7 nitrogen and oxygen atoms in total. The minimum Gasteiger partial charge on any atom is -0.456 e. The number of anilines is 18. The summed E-state index contributed by atoms with van der Waals surface area (Å²) in [5.41, 5.74) is 26.5. The van der Waals surface area contributed by atoms with Crippen molar-refractivity contribution >= 4 is 212 Å². The Bertz CT molecular complexity index is 5590. The van der Waals surface area contributed by atoms with E-state index in [2.05, 4.69) is 369 Å². The molecule has 14 aromatic carbocycles. The van der Waals surface area contributed by atoms with Crippen LogP contribution in [0.4, 0.5) is 102 Å². The Kier molecular flexibility index (Phi) is 12.5. The van der Waals surface area contributed by atoms with Gasteiger partial charge in [-0.1, -0.05) is 194 Å². The average Bonchev–Trinajstić information content (AvgIpc) is 1.67. The van der Waals surface area contributed by atoms with E-state index in [4.69, 9.17) is 4.42 Å². The van der Waals surface area contributed by atoms with Crippen LogP contribution in [0.2, 0.25) is 0 Å². The van der Waals surface area contributed by atoms with Gasteiger partial charge in [-0.25, -0.2) is 0 Å². The maximum atomic E-state index is 7.60. The lowest BCUT2D eigenvalue weighted by molar-refractivity contribution is 0.669. The van der Waals surface area contributed by atoms with Crippen molar-refractivity contribution in [2.45, 2.75) is 0 Å². The Morgan fingerprint density at radius 1 is 0.253 bits per heavy atom. The van der Waals surface area contributed by atoms with Gasteiger partial charge in [0, 0.05) is 132 Å². The molecule has 0 bridgehead atoms. The minimum absolute atomic E-state index is 0.160. The highest BCUT2D eigenvalue weighted by atomic mass is 32.1. The van der Waals surface area contributed by atoms with Crippen LogP contribution < -0.4 is 60.8 Å². The van der Waals surface area contributed by atoms with E-state index < -0.39 is 0 Å². The molecule has 0 atom stereocenters. The number of rotatable bonds is 10. The summed E-state index contributed by atoms with van der Waals surface area (Å²) in [7, 11) is 0. The summed E-state index contributed by atoms with van der Waals surface area (Å²) in [5, 5.41) is 4.63. The second-order valence-electron chi connectivity index (χ2n) is 25.9. The largest absolute Gasteiger partial charge is 0.456 e. The van der Waals surface area contributed by atoms with E-state index in [0.29, 0.717) is 0 Å². The number of para-hydroxylation sites is 8. The standard InChI is InChI=1S/C88H56B2N6OS2/c1-9-29-57(30-10-1)91(58-31-11-2-12-32-58)65-49-75-83-77(51-65)95(63-41-21-7-22-42-63)85-67-45-25-27-47-81(67)98-87(85)89(83)71-53-69-70-54-72-74(56-80(70)97-79(69)55-73(71)93(75)61-37-17-5-18-38-61)94(62-39-19-6-20-40-62)76-50-66(92(59-33-13-3-14-34-59)60-35-15-4-16-36-60)52-78-84(76)90(72)88-86(68-46-26-28-48-82(68)99-88)96(78)64-43-23-8-24-44-64/h1-56H. The Morgan fingerprint density at radius 2 is 0.535 bits per heavy atom. The Morgan fingerprint density at radius 3 is 0.869 bits per heavy atom. The van der Waals surface area contributed by atoms with Gasteiger partial charge in [0.2, 0.25) is 0 Å². The second-order valence-corrected chi connectivity index (χ2v) is 28.1. The zero-order chi connectivity index (χ0) is 64.8. The first kappa shape index (κ1) is 56.0. The molecule has 0 saturated carbocycles. The molecule has 0 aliphatic carbocycles. The van der Waals surface area contributed by atoms with Crippen molar-refractivity contribution in [1.29, 1.82) is 0 Å². The molecule has 0 spiro atoms. The van der Waals surface area contributed by atoms with Crippen molar-refractivity contribution in [2.75, 3.05) is 29.4 Å². The van der Waals surface area contributed by atoms with Gasteiger partial charge in [-0.2, -0.15) is 0 Å². The van der Waals surface area contributed by atoms with Crippen molar-refractivity contribution in [2.24, 2.45) is 0 Å². The summed E-state index contributed by atoms with van der Waals surface area (Å²) in [6.07, 6.45) is 0. The summed E-state index contributed by atoms with van der Waals surface area (Å²) < 4.78 is 12.7. The maximum Gasteiger partial charge on any atom is 0.264 e. The van der Waals surface area contributed by atoms with E-state index in [0.717, 1.165) is 113 Å². The first-order chi connectivity index (χ1) is 49.1. The fraction of sp³-hybridized carbons (Fsp3) is 0. The quantitative estimate of drug-likeness (QED) is 0.126. The Hall–Kier alpha value is -12.3. The third kappa shape index (κ3) is 8.51. The van der Waals surface area contributed by atoms with Crippen LogP contribution in [-0.2, 0) is 0 Å². The van der Waals surface area contributed by atoms with Gasteiger partial charge in [0.25, 0.3) is 13.4 Å². The van der Waals surface area contributed by atoms with E-state index in [1.54, 1.807) is 0 Å². The SMILES string of the molecule is c1ccc(N(c2ccccc2)c2cc3c4c(c2)N(c2ccccc2)c2c(sc5ccccc25)B4c2cc4c(cc2N3c2ccccc2)oc2cc3c(cc24)B2c4sc5ccccc5c4N(c4ccccc4)c4cc(N(c5ccccc5)c5ccccc5)cc(c42)N3c2ccccc2)cc1. The molecule has 0 unspecified atom stereocenters. The van der Waals surface area contributed by atoms with Crippen molar-refractivity contribution in [3.8, 4) is 0 Å². The number of fused-ring (bicyclic) bond motifs is 15. The van der Waals surface area contributed by atoms with Crippen molar-refractivity contribution in [3.63, 3.8) is 0 Å². The monoisotopic (exact) mass is 1300 g/mol. The lowest BCUT2D eigenvalue weighted by Gasteiger charge is -2.44. The van der Waals surface area contributed by atoms with Gasteiger partial charge in [0.15, 0.2) is 0 Å². The first-order valence-electron chi connectivity index (χ1n) is 33.8. The molecule has 0 amide bonds. The summed E-state index contributed by atoms with van der Waals surface area (Å²) in [5.74, 6) is 0. The van der Waals surface area contributed by atoms with Crippen LogP contribution in [0, 0.1) is 0 Å². The van der Waals surface area contributed by atoms with Crippen molar-refractivity contribution in [3.05, 3.63) is 340 Å². The van der Waals surface area contributed by atoms with E-state index in [1.807, 2.05) is 22.7 Å². The fourth-order valence-electron chi connectivity index (χ4n) is 16.5. The molecule has 4 aliphatic rings. The lowest BCUT2D eigenvalue weighted by Crippen LogP contribution is -2.60. The first-order valence-corrected chi connectivity index (χ1v) is 35.4. The molecule has 7 heterocycles. The van der Waals surface area contributed by atoms with E-state index in [-0.39, 0.29) is 13.4 Å². The molecule has 0 N–H and O–H groups in total. The van der Waals surface area contributed by atoms with Crippen LogP contribution in [0.25, 0.3) is 42.1 Å². The Labute approximate surface area is 581 Å². The van der Waals surface area contributed by atoms with Gasteiger partial charge in [0.05, 0.1) is 22.7 Å². The zero-order valence-corrected chi connectivity index (χ0v) is 55.0. The summed E-state index contributed by atoms with van der Waals surface area (Å²) in [4.78, 5) is 15.0. The number of furan rings is 1. The summed E-state index contributed by atoms with van der Waals surface area (Å²) in [6.45, 7) is -0.320. The van der Waals surface area contributed by atoms with Crippen molar-refractivity contribution in [1.82, 2.24) is 0 Å². The molecule has 99 heavy (non-hydrogen) atoms. The fourth-order valence-corrected chi connectivity index (χ4v) is 19.1. The number of benzene rings is 14. The molecular weight excluding hydrogens is 1240 g/mol. The topological polar surface area (TPSA) is 32.6 Å². The molecule has 11 heteroatoms. The molecule has 0 fully saturated rings. The van der Waals surface area contributed by atoms with Gasteiger partial charge in [-0.05, 0) is 155 Å². The van der Waals surface area contributed by atoms with Crippen molar-refractivity contribution < 1.29 is 4.42 Å². The molecule has 462 valence electrons. The number of hydrogen-bond acceptors (Lipinski definition) is 9. The predicted molar refractivity (Wildman–Crippen MR) is 422 cm³/mol. The number of nitrogens with zero attached hydrogens (tertiary/aromatic N) is 6. The zero-order valence-electron chi connectivity index (χ0n) is 53.4. The number of thiophene rings is 2. The van der Waals surface area contributed by atoms with E-state index in [9.17, 15) is 0 Å². The van der Waals surface area contributed by atoms with Crippen LogP contribution in [0.3, 0.4) is 0 Å². The smallest absolute Gasteiger partial charge is 0.264 e. The van der Waals surface area contributed by atoms with E-state index >= 15 is 0 Å². The highest BCUT2D eigenvalue weighted by Gasteiger charge is 2.49. The van der Waals surface area contributed by atoms with Crippen LogP contribution in [0.5, 0.6) is 0 Å². The van der Waals surface area contributed by atoms with Crippen LogP contribution >= 0.6 is 22.7 Å². The molecule has 17 aromatic rings. The molecule has 21 rings (SSSR count). The molecule has 4 aliphatic heterocycles. The maximum absolute atomic E-state index is 7.60. The predicted octanol–water partition coefficient (Wildman–Crippen LogP) is 21.1. The molecular formula is C88H56B2N6OS2. The molecule has 0 radical (unpaired) electrons. The second kappa shape index (κ2) is 22.1. The highest BCUT2D eigenvalue weighted by molar-refractivity contribution is 7.34. The van der Waals surface area contributed by atoms with E-state index in [1.165, 1.54) is 63.0 Å². The Balaban J connectivity index is 0.857. The highest BCUT2D eigenvalue weighted by Crippen LogP contribution is 2.54. The van der Waals surface area contributed by atoms with Crippen LogP contribution in [-0.4, -0.2) is 13.4 Å². The normalized spacial score (nSPS) is 13.1.